The minimum Gasteiger partial charge on any atom is -0.374 e. The third-order valence-electron chi connectivity index (χ3n) is 5.44. The molecule has 0 bridgehead atoms. The summed E-state index contributed by atoms with van der Waals surface area (Å²) in [5.74, 6) is 1.22. The number of nitrogens with two attached hydrogens (primary N) is 1. The van der Waals surface area contributed by atoms with Gasteiger partial charge >= 0.3 is 0 Å². The van der Waals surface area contributed by atoms with E-state index in [0.717, 1.165) is 48.7 Å². The van der Waals surface area contributed by atoms with Crippen LogP contribution in [0.3, 0.4) is 0 Å². The van der Waals surface area contributed by atoms with Crippen LogP contribution >= 0.6 is 0 Å². The molecule has 1 aromatic heterocycles. The zero-order valence-corrected chi connectivity index (χ0v) is 17.5. The molecular weight excluding hydrogens is 392 g/mol. The Morgan fingerprint density at radius 1 is 1.03 bits per heavy atom. The first-order valence-corrected chi connectivity index (χ1v) is 10.5. The van der Waals surface area contributed by atoms with E-state index in [2.05, 4.69) is 25.4 Å². The number of benzene rings is 2. The van der Waals surface area contributed by atoms with E-state index in [1.807, 2.05) is 24.3 Å². The summed E-state index contributed by atoms with van der Waals surface area (Å²) >= 11 is 0. The molecule has 1 aliphatic heterocycles. The van der Waals surface area contributed by atoms with Crippen molar-refractivity contribution in [3.05, 3.63) is 59.9 Å². The summed E-state index contributed by atoms with van der Waals surface area (Å²) in [5, 5.41) is 14.9. The van der Waals surface area contributed by atoms with Crippen LogP contribution in [-0.2, 0) is 17.8 Å². The standard InChI is InChI=1S/C23H26N6O2/c1-15(23(31)26-18-11-9-16(10-12-18)21(24)30)25-19-7-5-6-17(14-19)22-28-27-20-8-3-2-4-13-29(20)22/h5-7,9-12,14-15,25H,2-4,8,13H2,1H3,(H2,24,30)(H,26,31)/t15-/m1/s1. The predicted octanol–water partition coefficient (Wildman–Crippen LogP) is 3.21. The lowest BCUT2D eigenvalue weighted by Crippen LogP contribution is -2.31. The van der Waals surface area contributed by atoms with Gasteiger partial charge in [-0.25, -0.2) is 0 Å². The van der Waals surface area contributed by atoms with Gasteiger partial charge < -0.3 is 20.9 Å². The normalized spacial score (nSPS) is 14.2. The second-order valence-electron chi connectivity index (χ2n) is 7.78. The summed E-state index contributed by atoms with van der Waals surface area (Å²) in [6, 6.07) is 13.9. The molecule has 4 N–H and O–H groups in total. The fourth-order valence-electron chi connectivity index (χ4n) is 3.73. The van der Waals surface area contributed by atoms with Crippen LogP contribution < -0.4 is 16.4 Å². The molecule has 1 atom stereocenters. The molecule has 0 aliphatic carbocycles. The number of carbonyl (C=O) groups is 2. The molecule has 0 fully saturated rings. The van der Waals surface area contributed by atoms with E-state index in [9.17, 15) is 9.59 Å². The van der Waals surface area contributed by atoms with Gasteiger partial charge in [-0.3, -0.25) is 9.59 Å². The van der Waals surface area contributed by atoms with E-state index >= 15 is 0 Å². The van der Waals surface area contributed by atoms with Crippen molar-refractivity contribution in [3.8, 4) is 11.4 Å². The van der Waals surface area contributed by atoms with Crippen molar-refractivity contribution in [1.29, 1.82) is 0 Å². The lowest BCUT2D eigenvalue weighted by atomic mass is 10.1. The first kappa shape index (κ1) is 20.6. The van der Waals surface area contributed by atoms with E-state index in [1.54, 1.807) is 31.2 Å². The second kappa shape index (κ2) is 8.99. The van der Waals surface area contributed by atoms with Crippen molar-refractivity contribution in [1.82, 2.24) is 14.8 Å². The van der Waals surface area contributed by atoms with E-state index in [-0.39, 0.29) is 5.91 Å². The van der Waals surface area contributed by atoms with Crippen LogP contribution in [0.5, 0.6) is 0 Å². The van der Waals surface area contributed by atoms with E-state index in [1.165, 1.54) is 6.42 Å². The highest BCUT2D eigenvalue weighted by molar-refractivity contribution is 5.97. The molecule has 0 saturated carbocycles. The molecule has 160 valence electrons. The summed E-state index contributed by atoms with van der Waals surface area (Å²) in [6.45, 7) is 2.73. The van der Waals surface area contributed by atoms with Crippen molar-refractivity contribution < 1.29 is 9.59 Å². The summed E-state index contributed by atoms with van der Waals surface area (Å²) < 4.78 is 2.21. The Balaban J connectivity index is 1.44. The molecule has 2 heterocycles. The molecule has 8 nitrogen and oxygen atoms in total. The molecular formula is C23H26N6O2. The third-order valence-corrected chi connectivity index (χ3v) is 5.44. The fourth-order valence-corrected chi connectivity index (χ4v) is 3.73. The van der Waals surface area contributed by atoms with E-state index in [4.69, 9.17) is 5.73 Å². The molecule has 0 spiro atoms. The summed E-state index contributed by atoms with van der Waals surface area (Å²) in [6.07, 6.45) is 4.45. The SMILES string of the molecule is C[C@@H](Nc1cccc(-c2nnc3n2CCCCC3)c1)C(=O)Nc1ccc(C(N)=O)cc1. The zero-order valence-electron chi connectivity index (χ0n) is 17.5. The first-order chi connectivity index (χ1) is 15.0. The number of nitrogens with zero attached hydrogens (tertiary/aromatic N) is 3. The van der Waals surface area contributed by atoms with Gasteiger partial charge in [0, 0.05) is 35.5 Å². The molecule has 4 rings (SSSR count). The Kier molecular flexibility index (Phi) is 5.97. The minimum atomic E-state index is -0.502. The Bertz CT molecular complexity index is 1090. The molecule has 0 saturated heterocycles. The van der Waals surface area contributed by atoms with Crippen LogP contribution in [-0.4, -0.2) is 32.6 Å². The summed E-state index contributed by atoms with van der Waals surface area (Å²) in [5.41, 5.74) is 8.04. The Morgan fingerprint density at radius 2 is 1.84 bits per heavy atom. The molecule has 8 heteroatoms. The molecule has 0 unspecified atom stereocenters. The number of aryl methyl sites for hydroxylation is 1. The fraction of sp³-hybridized carbons (Fsp3) is 0.304. The molecule has 31 heavy (non-hydrogen) atoms. The topological polar surface area (TPSA) is 115 Å². The van der Waals surface area contributed by atoms with Crippen LogP contribution in [0.25, 0.3) is 11.4 Å². The van der Waals surface area contributed by atoms with E-state index in [0.29, 0.717) is 11.3 Å². The monoisotopic (exact) mass is 418 g/mol. The lowest BCUT2D eigenvalue weighted by molar-refractivity contribution is -0.116. The minimum absolute atomic E-state index is 0.187. The first-order valence-electron chi connectivity index (χ1n) is 10.5. The maximum atomic E-state index is 12.6. The van der Waals surface area contributed by atoms with Crippen LogP contribution in [0, 0.1) is 0 Å². The van der Waals surface area contributed by atoms with E-state index < -0.39 is 11.9 Å². The van der Waals surface area contributed by atoms with Gasteiger partial charge in [-0.1, -0.05) is 18.6 Å². The Morgan fingerprint density at radius 3 is 2.61 bits per heavy atom. The van der Waals surface area contributed by atoms with Crippen LogP contribution in [0.1, 0.15) is 42.4 Å². The highest BCUT2D eigenvalue weighted by atomic mass is 16.2. The lowest BCUT2D eigenvalue weighted by Gasteiger charge is -2.16. The quantitative estimate of drug-likeness (QED) is 0.569. The number of nitrogens with one attached hydrogen (secondary N) is 2. The number of primary amides is 1. The largest absolute Gasteiger partial charge is 0.374 e. The molecule has 0 radical (unpaired) electrons. The van der Waals surface area contributed by atoms with Gasteiger partial charge in [0.15, 0.2) is 5.82 Å². The molecule has 3 aromatic rings. The van der Waals surface area contributed by atoms with Gasteiger partial charge in [0.1, 0.15) is 11.9 Å². The van der Waals surface area contributed by atoms with Crippen molar-refractivity contribution in [3.63, 3.8) is 0 Å². The third kappa shape index (κ3) is 4.74. The van der Waals surface area contributed by atoms with Crippen molar-refractivity contribution in [2.45, 2.75) is 45.2 Å². The van der Waals surface area contributed by atoms with Gasteiger partial charge in [0.25, 0.3) is 0 Å². The summed E-state index contributed by atoms with van der Waals surface area (Å²) in [4.78, 5) is 23.8. The van der Waals surface area contributed by atoms with Gasteiger partial charge in [-0.15, -0.1) is 10.2 Å². The van der Waals surface area contributed by atoms with Crippen LogP contribution in [0.2, 0.25) is 0 Å². The maximum absolute atomic E-state index is 12.6. The maximum Gasteiger partial charge on any atom is 0.248 e. The van der Waals surface area contributed by atoms with Crippen molar-refractivity contribution in [2.24, 2.45) is 5.73 Å². The summed E-state index contributed by atoms with van der Waals surface area (Å²) in [7, 11) is 0. The second-order valence-corrected chi connectivity index (χ2v) is 7.78. The Labute approximate surface area is 180 Å². The average Bonchev–Trinajstić information content (AvgIpc) is 3.02. The van der Waals surface area contributed by atoms with Gasteiger partial charge in [0.05, 0.1) is 0 Å². The molecule has 2 amide bonds. The number of hydrogen-bond donors (Lipinski definition) is 3. The number of hydrogen-bond acceptors (Lipinski definition) is 5. The van der Waals surface area contributed by atoms with Gasteiger partial charge in [0.2, 0.25) is 11.8 Å². The number of carbonyl (C=O) groups excluding carboxylic acids is 2. The molecule has 2 aromatic carbocycles. The van der Waals surface area contributed by atoms with Crippen LogP contribution in [0.4, 0.5) is 11.4 Å². The van der Waals surface area contributed by atoms with Crippen LogP contribution in [0.15, 0.2) is 48.5 Å². The highest BCUT2D eigenvalue weighted by Crippen LogP contribution is 2.25. The highest BCUT2D eigenvalue weighted by Gasteiger charge is 2.17. The number of aromatic nitrogens is 3. The van der Waals surface area contributed by atoms with Crippen molar-refractivity contribution in [2.75, 3.05) is 10.6 Å². The number of amides is 2. The number of fused-ring (bicyclic) bond motifs is 1. The number of anilines is 2. The Hall–Kier alpha value is -3.68. The van der Waals surface area contributed by atoms with Gasteiger partial charge in [-0.05, 0) is 56.2 Å². The average molecular weight is 419 g/mol. The number of rotatable bonds is 6. The zero-order chi connectivity index (χ0) is 21.8. The predicted molar refractivity (Wildman–Crippen MR) is 120 cm³/mol. The van der Waals surface area contributed by atoms with Gasteiger partial charge in [-0.2, -0.15) is 0 Å². The smallest absolute Gasteiger partial charge is 0.248 e. The molecule has 1 aliphatic rings. The van der Waals surface area contributed by atoms with Crippen molar-refractivity contribution >= 4 is 23.2 Å².